The average molecular weight is 432 g/mol. The Morgan fingerprint density at radius 3 is 2.39 bits per heavy atom. The highest BCUT2D eigenvalue weighted by atomic mass is 32.2. The van der Waals surface area contributed by atoms with E-state index in [1.54, 1.807) is 6.08 Å². The summed E-state index contributed by atoms with van der Waals surface area (Å²) in [6.07, 6.45) is 3.57. The molecule has 1 aliphatic heterocycles. The van der Waals surface area contributed by atoms with Crippen molar-refractivity contribution in [1.82, 2.24) is 9.47 Å². The number of thioether (sulfide) groups is 1. The van der Waals surface area contributed by atoms with Gasteiger partial charge >= 0.3 is 0 Å². The predicted octanol–water partition coefficient (Wildman–Crippen LogP) is 4.77. The van der Waals surface area contributed by atoms with Crippen LogP contribution in [0.4, 0.5) is 10.5 Å². The van der Waals surface area contributed by atoms with Gasteiger partial charge in [-0.2, -0.15) is 0 Å². The Morgan fingerprint density at radius 1 is 0.968 bits per heavy atom. The molecule has 0 spiro atoms. The lowest BCUT2D eigenvalue weighted by molar-refractivity contribution is -0.127. The minimum absolute atomic E-state index is 0.292. The van der Waals surface area contributed by atoms with Crippen LogP contribution in [-0.2, 0) is 9.59 Å². The molecule has 0 unspecified atom stereocenters. The van der Waals surface area contributed by atoms with E-state index in [4.69, 9.17) is 0 Å². The van der Waals surface area contributed by atoms with E-state index in [1.807, 2.05) is 85.3 Å². The maximum absolute atomic E-state index is 12.8. The van der Waals surface area contributed by atoms with Gasteiger partial charge in [0.1, 0.15) is 6.54 Å². The van der Waals surface area contributed by atoms with Crippen molar-refractivity contribution in [3.05, 3.63) is 88.6 Å². The van der Waals surface area contributed by atoms with Crippen LogP contribution in [0.5, 0.6) is 0 Å². The van der Waals surface area contributed by atoms with Gasteiger partial charge in [-0.15, -0.1) is 0 Å². The van der Waals surface area contributed by atoms with E-state index >= 15 is 0 Å². The Balaban J connectivity index is 1.51. The molecule has 0 aliphatic carbocycles. The van der Waals surface area contributed by atoms with Crippen molar-refractivity contribution in [3.8, 4) is 5.69 Å². The molecule has 1 N–H and O–H groups in total. The number of aryl methyl sites for hydroxylation is 2. The van der Waals surface area contributed by atoms with Gasteiger partial charge in [0.25, 0.3) is 11.1 Å². The van der Waals surface area contributed by atoms with Crippen molar-refractivity contribution < 1.29 is 14.4 Å². The lowest BCUT2D eigenvalue weighted by Gasteiger charge is -2.15. The van der Waals surface area contributed by atoms with Crippen LogP contribution in [0, 0.1) is 13.8 Å². The van der Waals surface area contributed by atoms with Gasteiger partial charge in [0.15, 0.2) is 0 Å². The number of nitrogens with zero attached hydrogens (tertiary/aromatic N) is 2. The van der Waals surface area contributed by atoms with Gasteiger partial charge in [-0.3, -0.25) is 19.3 Å². The van der Waals surface area contributed by atoms with Crippen LogP contribution in [0.15, 0.2) is 71.8 Å². The van der Waals surface area contributed by atoms with E-state index in [-0.39, 0.29) is 6.54 Å². The van der Waals surface area contributed by atoms with Gasteiger partial charge < -0.3 is 9.88 Å². The molecule has 1 aromatic heterocycles. The number of hydrogen-bond donors (Lipinski definition) is 1. The van der Waals surface area contributed by atoms with E-state index in [9.17, 15) is 14.4 Å². The second-order valence-electron chi connectivity index (χ2n) is 7.22. The zero-order valence-corrected chi connectivity index (χ0v) is 18.0. The van der Waals surface area contributed by atoms with Crippen LogP contribution >= 0.6 is 11.8 Å². The van der Waals surface area contributed by atoms with Gasteiger partial charge in [0, 0.05) is 23.3 Å². The summed E-state index contributed by atoms with van der Waals surface area (Å²) in [7, 11) is 0. The van der Waals surface area contributed by atoms with E-state index in [1.165, 1.54) is 0 Å². The molecule has 1 fully saturated rings. The van der Waals surface area contributed by atoms with E-state index in [0.717, 1.165) is 39.2 Å². The molecule has 2 heterocycles. The number of imide groups is 1. The Kier molecular flexibility index (Phi) is 5.77. The SMILES string of the molecule is Cc1cccc(C)c1NC(=O)CN1C(=O)SC(=Cc2cccn2-c2ccccc2)C1=O. The Morgan fingerprint density at radius 2 is 1.68 bits per heavy atom. The van der Waals surface area contributed by atoms with Crippen molar-refractivity contribution >= 4 is 40.6 Å². The molecule has 6 nitrogen and oxygen atoms in total. The molecule has 1 saturated heterocycles. The first-order valence-corrected chi connectivity index (χ1v) is 10.6. The highest BCUT2D eigenvalue weighted by molar-refractivity contribution is 8.18. The van der Waals surface area contributed by atoms with Crippen LogP contribution < -0.4 is 5.32 Å². The Labute approximate surface area is 184 Å². The number of carbonyl (C=O) groups excluding carboxylic acids is 3. The second-order valence-corrected chi connectivity index (χ2v) is 8.21. The number of carbonyl (C=O) groups is 3. The number of nitrogens with one attached hydrogen (secondary N) is 1. The highest BCUT2D eigenvalue weighted by Crippen LogP contribution is 2.32. The topological polar surface area (TPSA) is 71.4 Å². The zero-order chi connectivity index (χ0) is 22.0. The lowest BCUT2D eigenvalue weighted by Crippen LogP contribution is -2.36. The van der Waals surface area contributed by atoms with Crippen molar-refractivity contribution in [1.29, 1.82) is 0 Å². The van der Waals surface area contributed by atoms with Gasteiger partial charge in [-0.05, 0) is 67.1 Å². The zero-order valence-electron chi connectivity index (χ0n) is 17.2. The van der Waals surface area contributed by atoms with Gasteiger partial charge in [-0.25, -0.2) is 0 Å². The van der Waals surface area contributed by atoms with Crippen molar-refractivity contribution in [2.45, 2.75) is 13.8 Å². The van der Waals surface area contributed by atoms with Crippen LogP contribution in [0.3, 0.4) is 0 Å². The first-order chi connectivity index (χ1) is 14.9. The molecular formula is C24H21N3O3S. The van der Waals surface area contributed by atoms with Gasteiger partial charge in [0.05, 0.1) is 4.91 Å². The van der Waals surface area contributed by atoms with Gasteiger partial charge in [-0.1, -0.05) is 36.4 Å². The fraction of sp³-hybridized carbons (Fsp3) is 0.125. The number of hydrogen-bond acceptors (Lipinski definition) is 4. The molecule has 1 aliphatic rings. The predicted molar refractivity (Wildman–Crippen MR) is 123 cm³/mol. The molecule has 7 heteroatoms. The number of benzene rings is 2. The average Bonchev–Trinajstić information content (AvgIpc) is 3.32. The molecular weight excluding hydrogens is 410 g/mol. The van der Waals surface area contributed by atoms with Crippen LogP contribution in [0.25, 0.3) is 11.8 Å². The fourth-order valence-corrected chi connectivity index (χ4v) is 4.26. The third-order valence-corrected chi connectivity index (χ3v) is 5.92. The Bertz CT molecular complexity index is 1180. The maximum Gasteiger partial charge on any atom is 0.294 e. The number of anilines is 1. The lowest BCUT2D eigenvalue weighted by atomic mass is 10.1. The largest absolute Gasteiger partial charge is 0.324 e. The quantitative estimate of drug-likeness (QED) is 0.591. The van der Waals surface area contributed by atoms with Crippen molar-refractivity contribution in [2.24, 2.45) is 0 Å². The van der Waals surface area contributed by atoms with Crippen LogP contribution in [0.1, 0.15) is 16.8 Å². The molecule has 31 heavy (non-hydrogen) atoms. The first-order valence-electron chi connectivity index (χ1n) is 9.78. The first kappa shape index (κ1) is 20.7. The number of amides is 3. The summed E-state index contributed by atoms with van der Waals surface area (Å²) in [5, 5.41) is 2.37. The minimum Gasteiger partial charge on any atom is -0.324 e. The van der Waals surface area contributed by atoms with E-state index < -0.39 is 17.1 Å². The minimum atomic E-state index is -0.465. The summed E-state index contributed by atoms with van der Waals surface area (Å²) in [5.41, 5.74) is 4.27. The molecule has 0 bridgehead atoms. The molecule has 0 radical (unpaired) electrons. The third-order valence-electron chi connectivity index (χ3n) is 5.01. The molecule has 0 saturated carbocycles. The molecule has 3 amide bonds. The molecule has 156 valence electrons. The van der Waals surface area contributed by atoms with Gasteiger partial charge in [0.2, 0.25) is 5.91 Å². The van der Waals surface area contributed by atoms with Crippen LogP contribution in [-0.4, -0.2) is 33.1 Å². The summed E-state index contributed by atoms with van der Waals surface area (Å²) < 4.78 is 1.93. The summed E-state index contributed by atoms with van der Waals surface area (Å²) >= 11 is 0.844. The van der Waals surface area contributed by atoms with E-state index in [0.29, 0.717) is 10.6 Å². The number of para-hydroxylation sites is 2. The maximum atomic E-state index is 12.8. The summed E-state index contributed by atoms with van der Waals surface area (Å²) in [4.78, 5) is 39.1. The molecule has 0 atom stereocenters. The standard InChI is InChI=1S/C24H21N3O3S/c1-16-8-6-9-17(2)22(16)25-21(28)15-27-23(29)20(31-24(27)30)14-19-12-7-13-26(19)18-10-4-3-5-11-18/h3-14H,15H2,1-2H3,(H,25,28). The molecule has 4 rings (SSSR count). The smallest absolute Gasteiger partial charge is 0.294 e. The van der Waals surface area contributed by atoms with Crippen LogP contribution in [0.2, 0.25) is 0 Å². The summed E-state index contributed by atoms with van der Waals surface area (Å²) in [5.74, 6) is -0.874. The van der Waals surface area contributed by atoms with Crippen molar-refractivity contribution in [3.63, 3.8) is 0 Å². The second kappa shape index (κ2) is 8.65. The number of rotatable bonds is 5. The summed E-state index contributed by atoms with van der Waals surface area (Å²) in [6.45, 7) is 3.47. The highest BCUT2D eigenvalue weighted by Gasteiger charge is 2.36. The van der Waals surface area contributed by atoms with Crippen molar-refractivity contribution in [2.75, 3.05) is 11.9 Å². The summed E-state index contributed by atoms with van der Waals surface area (Å²) in [6, 6.07) is 19.2. The Hall–Kier alpha value is -3.58. The fourth-order valence-electron chi connectivity index (χ4n) is 3.44. The molecule has 3 aromatic rings. The third kappa shape index (κ3) is 4.32. The molecule has 2 aromatic carbocycles. The normalized spacial score (nSPS) is 15.0. The monoisotopic (exact) mass is 431 g/mol. The van der Waals surface area contributed by atoms with E-state index in [2.05, 4.69) is 5.32 Å². The number of aromatic nitrogens is 1.